The molecule has 1 aliphatic rings. The number of allylic oxidation sites excluding steroid dienone is 1. The van der Waals surface area contributed by atoms with Crippen molar-refractivity contribution in [1.29, 1.82) is 0 Å². The second-order valence-corrected chi connectivity index (χ2v) is 5.44. The molecule has 1 saturated heterocycles. The summed E-state index contributed by atoms with van der Waals surface area (Å²) >= 11 is 0. The molecule has 1 unspecified atom stereocenters. The molecule has 2 heterocycles. The lowest BCUT2D eigenvalue weighted by molar-refractivity contribution is -0.112. The van der Waals surface area contributed by atoms with Gasteiger partial charge in [-0.3, -0.25) is 4.79 Å². The maximum Gasteiger partial charge on any atom is 0.226 e. The Labute approximate surface area is 134 Å². The number of nitrogens with zero attached hydrogens (tertiary/aromatic N) is 1. The summed E-state index contributed by atoms with van der Waals surface area (Å²) in [4.78, 5) is 15.6. The predicted octanol–water partition coefficient (Wildman–Crippen LogP) is 3.60. The fourth-order valence-electron chi connectivity index (χ4n) is 2.50. The van der Waals surface area contributed by atoms with E-state index in [4.69, 9.17) is 13.9 Å². The first-order valence-electron chi connectivity index (χ1n) is 7.73. The average molecular weight is 313 g/mol. The first-order valence-corrected chi connectivity index (χ1v) is 7.73. The van der Waals surface area contributed by atoms with Gasteiger partial charge in [0.05, 0.1) is 12.8 Å². The Hall–Kier alpha value is -2.40. The van der Waals surface area contributed by atoms with Crippen molar-refractivity contribution < 1.29 is 18.7 Å². The lowest BCUT2D eigenvalue weighted by Gasteiger charge is -2.23. The van der Waals surface area contributed by atoms with Crippen molar-refractivity contribution in [1.82, 2.24) is 4.98 Å². The molecule has 1 fully saturated rings. The maximum atomic E-state index is 11.5. The average Bonchev–Trinajstić information content (AvgIpc) is 3.08. The minimum atomic E-state index is -0.173. The second-order valence-electron chi connectivity index (χ2n) is 5.44. The van der Waals surface area contributed by atoms with E-state index < -0.39 is 0 Å². The van der Waals surface area contributed by atoms with E-state index in [0.717, 1.165) is 37.2 Å². The highest BCUT2D eigenvalue weighted by molar-refractivity contribution is 5.97. The van der Waals surface area contributed by atoms with Gasteiger partial charge in [0.15, 0.2) is 12.1 Å². The largest absolute Gasteiger partial charge is 0.465 e. The van der Waals surface area contributed by atoms with Gasteiger partial charge in [-0.05, 0) is 43.5 Å². The molecule has 0 spiro atoms. The van der Waals surface area contributed by atoms with Crippen LogP contribution in [0.5, 0.6) is 5.75 Å². The summed E-state index contributed by atoms with van der Waals surface area (Å²) in [6.45, 7) is 2.25. The molecular weight excluding hydrogens is 294 g/mol. The molecule has 3 rings (SSSR count). The van der Waals surface area contributed by atoms with Crippen LogP contribution in [-0.4, -0.2) is 23.7 Å². The molecule has 5 heteroatoms. The Bertz CT molecular complexity index is 668. The number of hydrogen-bond acceptors (Lipinski definition) is 5. The number of ketones is 1. The number of hydrogen-bond donors (Lipinski definition) is 0. The Morgan fingerprint density at radius 3 is 2.74 bits per heavy atom. The number of rotatable bonds is 5. The third-order valence-corrected chi connectivity index (χ3v) is 3.58. The second kappa shape index (κ2) is 7.24. The van der Waals surface area contributed by atoms with Crippen LogP contribution < -0.4 is 4.74 Å². The van der Waals surface area contributed by atoms with Gasteiger partial charge in [0, 0.05) is 12.0 Å². The summed E-state index contributed by atoms with van der Waals surface area (Å²) in [6.07, 6.45) is 7.52. The Kier molecular flexibility index (Phi) is 4.88. The van der Waals surface area contributed by atoms with E-state index in [-0.39, 0.29) is 12.1 Å². The van der Waals surface area contributed by atoms with Crippen molar-refractivity contribution in [3.05, 3.63) is 54.3 Å². The Morgan fingerprint density at radius 1 is 1.30 bits per heavy atom. The quantitative estimate of drug-likeness (QED) is 0.789. The molecule has 1 aromatic heterocycles. The van der Waals surface area contributed by atoms with Gasteiger partial charge in [-0.25, -0.2) is 4.98 Å². The fraction of sp³-hybridized carbons (Fsp3) is 0.333. The van der Waals surface area contributed by atoms with E-state index in [1.807, 2.05) is 24.3 Å². The van der Waals surface area contributed by atoms with Gasteiger partial charge in [0.25, 0.3) is 0 Å². The number of carbonyl (C=O) groups is 1. The molecule has 0 aliphatic carbocycles. The number of carbonyl (C=O) groups excluding carboxylic acids is 1. The zero-order valence-electron chi connectivity index (χ0n) is 13.0. The highest BCUT2D eigenvalue weighted by Crippen LogP contribution is 2.25. The van der Waals surface area contributed by atoms with Crippen LogP contribution in [0.4, 0.5) is 0 Å². The summed E-state index contributed by atoms with van der Waals surface area (Å²) in [5, 5.41) is 0. The van der Waals surface area contributed by atoms with Gasteiger partial charge in [-0.15, -0.1) is 0 Å². The maximum absolute atomic E-state index is 11.5. The van der Waals surface area contributed by atoms with Crippen LogP contribution in [0.1, 0.15) is 37.6 Å². The van der Waals surface area contributed by atoms with Crippen LogP contribution in [-0.2, 0) is 9.53 Å². The van der Waals surface area contributed by atoms with Crippen molar-refractivity contribution in [3.8, 4) is 5.75 Å². The lowest BCUT2D eigenvalue weighted by atomic mass is 10.0. The zero-order valence-corrected chi connectivity index (χ0v) is 13.0. The molecule has 0 saturated carbocycles. The van der Waals surface area contributed by atoms with E-state index in [1.54, 1.807) is 6.20 Å². The predicted molar refractivity (Wildman–Crippen MR) is 84.9 cm³/mol. The van der Waals surface area contributed by atoms with Crippen molar-refractivity contribution >= 4 is 11.4 Å². The van der Waals surface area contributed by atoms with Gasteiger partial charge in [-0.2, -0.15) is 0 Å². The van der Waals surface area contributed by atoms with Gasteiger partial charge in [0.2, 0.25) is 5.89 Å². The molecule has 120 valence electrons. The van der Waals surface area contributed by atoms with Crippen LogP contribution in [0.15, 0.2) is 47.2 Å². The molecule has 0 bridgehead atoms. The number of ether oxygens (including phenoxy) is 2. The first kappa shape index (κ1) is 15.5. The summed E-state index contributed by atoms with van der Waals surface area (Å²) in [5.74, 6) is 1.11. The highest BCUT2D eigenvalue weighted by Gasteiger charge is 2.16. The molecule has 5 nitrogen and oxygen atoms in total. The van der Waals surface area contributed by atoms with Crippen LogP contribution in [0.25, 0.3) is 5.57 Å². The van der Waals surface area contributed by atoms with Crippen LogP contribution in [0, 0.1) is 0 Å². The summed E-state index contributed by atoms with van der Waals surface area (Å²) in [6, 6.07) is 7.50. The molecule has 23 heavy (non-hydrogen) atoms. The molecule has 0 radical (unpaired) electrons. The summed E-state index contributed by atoms with van der Waals surface area (Å²) in [5.41, 5.74) is 1.50. The van der Waals surface area contributed by atoms with Crippen molar-refractivity contribution in [3.63, 3.8) is 0 Å². The minimum absolute atomic E-state index is 0.0610. The lowest BCUT2D eigenvalue weighted by Crippen LogP contribution is -2.24. The van der Waals surface area contributed by atoms with Gasteiger partial charge < -0.3 is 13.9 Å². The highest BCUT2D eigenvalue weighted by atomic mass is 16.7. The van der Waals surface area contributed by atoms with Crippen LogP contribution in [0.2, 0.25) is 0 Å². The molecule has 0 N–H and O–H groups in total. The first-order chi connectivity index (χ1) is 11.2. The molecule has 0 amide bonds. The van der Waals surface area contributed by atoms with E-state index in [0.29, 0.717) is 11.5 Å². The SMILES string of the molecule is CC(=O)C=C(c1ccc(OC2CCCCO2)cc1)c1ncco1. The van der Waals surface area contributed by atoms with Crippen LogP contribution in [0.3, 0.4) is 0 Å². The Morgan fingerprint density at radius 2 is 2.13 bits per heavy atom. The number of benzene rings is 1. The minimum Gasteiger partial charge on any atom is -0.465 e. The van der Waals surface area contributed by atoms with E-state index in [1.165, 1.54) is 19.3 Å². The Balaban J connectivity index is 1.78. The smallest absolute Gasteiger partial charge is 0.226 e. The van der Waals surface area contributed by atoms with Crippen LogP contribution >= 0.6 is 0 Å². The van der Waals surface area contributed by atoms with Crippen molar-refractivity contribution in [2.75, 3.05) is 6.61 Å². The van der Waals surface area contributed by atoms with Gasteiger partial charge in [-0.1, -0.05) is 12.1 Å². The van der Waals surface area contributed by atoms with E-state index in [2.05, 4.69) is 4.98 Å². The van der Waals surface area contributed by atoms with E-state index >= 15 is 0 Å². The zero-order chi connectivity index (χ0) is 16.1. The third kappa shape index (κ3) is 4.07. The van der Waals surface area contributed by atoms with Gasteiger partial charge >= 0.3 is 0 Å². The summed E-state index contributed by atoms with van der Waals surface area (Å²) in [7, 11) is 0. The molecule has 1 atom stereocenters. The standard InChI is InChI=1S/C18H19NO4/c1-13(20)12-16(18-19-9-11-22-18)14-5-7-15(8-6-14)23-17-4-2-3-10-21-17/h5-9,11-12,17H,2-4,10H2,1H3. The monoisotopic (exact) mass is 313 g/mol. The van der Waals surface area contributed by atoms with Gasteiger partial charge in [0.1, 0.15) is 12.0 Å². The fourth-order valence-corrected chi connectivity index (χ4v) is 2.50. The molecular formula is C18H19NO4. The number of aromatic nitrogens is 1. The van der Waals surface area contributed by atoms with E-state index in [9.17, 15) is 4.79 Å². The number of oxazole rings is 1. The normalized spacial score (nSPS) is 18.7. The van der Waals surface area contributed by atoms with Crippen molar-refractivity contribution in [2.24, 2.45) is 0 Å². The molecule has 1 aromatic carbocycles. The summed E-state index contributed by atoms with van der Waals surface area (Å²) < 4.78 is 16.7. The molecule has 2 aromatic rings. The van der Waals surface area contributed by atoms with Crippen molar-refractivity contribution in [2.45, 2.75) is 32.5 Å². The third-order valence-electron chi connectivity index (χ3n) is 3.58. The topological polar surface area (TPSA) is 61.6 Å². The molecule has 1 aliphatic heterocycles.